The maximum atomic E-state index is 12.5. The number of ether oxygens (including phenoxy) is 1. The molecule has 1 aliphatic heterocycles. The Bertz CT molecular complexity index is 824. The molecule has 1 heterocycles. The van der Waals surface area contributed by atoms with Crippen LogP contribution in [0.1, 0.15) is 46.3 Å². The number of likely N-dealkylation sites (tertiary alicyclic amines) is 1. The largest absolute Gasteiger partial charge is 0.484 e. The van der Waals surface area contributed by atoms with Gasteiger partial charge in [-0.3, -0.25) is 9.59 Å². The highest BCUT2D eigenvalue weighted by Crippen LogP contribution is 2.16. The summed E-state index contributed by atoms with van der Waals surface area (Å²) in [7, 11) is 0. The Morgan fingerprint density at radius 3 is 2.36 bits per heavy atom. The zero-order valence-corrected chi connectivity index (χ0v) is 16.7. The van der Waals surface area contributed by atoms with Crippen molar-refractivity contribution in [3.63, 3.8) is 0 Å². The maximum absolute atomic E-state index is 12.5. The van der Waals surface area contributed by atoms with E-state index in [1.807, 2.05) is 61.2 Å². The standard InChI is InChI=1S/C23H28N2O3/c1-17-6-11-21(14-18(17)2)28-16-22(26)24-15-19-7-9-20(10-8-19)23(27)25-12-4-3-5-13-25/h6-11,14H,3-5,12-13,15-16H2,1-2H3,(H,24,26). The van der Waals surface area contributed by atoms with Crippen LogP contribution in [0, 0.1) is 13.8 Å². The minimum atomic E-state index is -0.174. The fraction of sp³-hybridized carbons (Fsp3) is 0.391. The van der Waals surface area contributed by atoms with Gasteiger partial charge >= 0.3 is 0 Å². The molecule has 2 aromatic carbocycles. The lowest BCUT2D eigenvalue weighted by Gasteiger charge is -2.26. The molecule has 2 aromatic rings. The van der Waals surface area contributed by atoms with E-state index in [1.54, 1.807) is 0 Å². The molecule has 0 aliphatic carbocycles. The summed E-state index contributed by atoms with van der Waals surface area (Å²) in [5.74, 6) is 0.614. The molecule has 1 aliphatic rings. The SMILES string of the molecule is Cc1ccc(OCC(=O)NCc2ccc(C(=O)N3CCCCC3)cc2)cc1C. The fourth-order valence-corrected chi connectivity index (χ4v) is 3.25. The normalized spacial score (nSPS) is 13.9. The monoisotopic (exact) mass is 380 g/mol. The number of benzene rings is 2. The third kappa shape index (κ3) is 5.35. The first-order valence-corrected chi connectivity index (χ1v) is 9.88. The van der Waals surface area contributed by atoms with Crippen molar-refractivity contribution in [2.75, 3.05) is 19.7 Å². The Hall–Kier alpha value is -2.82. The topological polar surface area (TPSA) is 58.6 Å². The summed E-state index contributed by atoms with van der Waals surface area (Å²) < 4.78 is 5.55. The average Bonchev–Trinajstić information content (AvgIpc) is 2.73. The highest BCUT2D eigenvalue weighted by molar-refractivity contribution is 5.94. The molecule has 0 bridgehead atoms. The first-order valence-electron chi connectivity index (χ1n) is 9.88. The number of aryl methyl sites for hydroxylation is 2. The van der Waals surface area contributed by atoms with Gasteiger partial charge in [-0.05, 0) is 74.1 Å². The summed E-state index contributed by atoms with van der Waals surface area (Å²) in [6.07, 6.45) is 3.37. The van der Waals surface area contributed by atoms with E-state index >= 15 is 0 Å². The minimum Gasteiger partial charge on any atom is -0.484 e. The van der Waals surface area contributed by atoms with Crippen LogP contribution < -0.4 is 10.1 Å². The molecular weight excluding hydrogens is 352 g/mol. The molecule has 1 N–H and O–H groups in total. The number of carbonyl (C=O) groups excluding carboxylic acids is 2. The second kappa shape index (κ2) is 9.40. The number of rotatable bonds is 6. The number of nitrogens with zero attached hydrogens (tertiary/aromatic N) is 1. The van der Waals surface area contributed by atoms with Crippen molar-refractivity contribution in [2.24, 2.45) is 0 Å². The van der Waals surface area contributed by atoms with E-state index in [-0.39, 0.29) is 18.4 Å². The first-order chi connectivity index (χ1) is 13.5. The summed E-state index contributed by atoms with van der Waals surface area (Å²) >= 11 is 0. The van der Waals surface area contributed by atoms with Crippen molar-refractivity contribution in [1.29, 1.82) is 0 Å². The van der Waals surface area contributed by atoms with Crippen molar-refractivity contribution < 1.29 is 14.3 Å². The average molecular weight is 380 g/mol. The summed E-state index contributed by atoms with van der Waals surface area (Å²) in [5, 5.41) is 2.85. The van der Waals surface area contributed by atoms with E-state index in [2.05, 4.69) is 5.32 Å². The fourth-order valence-electron chi connectivity index (χ4n) is 3.25. The van der Waals surface area contributed by atoms with Gasteiger partial charge in [0.25, 0.3) is 11.8 Å². The van der Waals surface area contributed by atoms with Crippen LogP contribution in [0.25, 0.3) is 0 Å². The predicted octanol–water partition coefficient (Wildman–Crippen LogP) is 3.62. The lowest BCUT2D eigenvalue weighted by Crippen LogP contribution is -2.35. The minimum absolute atomic E-state index is 0.0198. The van der Waals surface area contributed by atoms with Crippen LogP contribution in [0.2, 0.25) is 0 Å². The summed E-state index contributed by atoms with van der Waals surface area (Å²) in [5.41, 5.74) is 3.99. The molecule has 28 heavy (non-hydrogen) atoms. The van der Waals surface area contributed by atoms with Crippen molar-refractivity contribution in [1.82, 2.24) is 10.2 Å². The lowest BCUT2D eigenvalue weighted by molar-refractivity contribution is -0.123. The van der Waals surface area contributed by atoms with E-state index in [0.717, 1.165) is 37.1 Å². The van der Waals surface area contributed by atoms with Gasteiger partial charge in [-0.15, -0.1) is 0 Å². The molecule has 0 radical (unpaired) electrons. The summed E-state index contributed by atoms with van der Waals surface area (Å²) in [4.78, 5) is 26.4. The van der Waals surface area contributed by atoms with E-state index in [1.165, 1.54) is 12.0 Å². The Balaban J connectivity index is 1.45. The van der Waals surface area contributed by atoms with Crippen molar-refractivity contribution in [2.45, 2.75) is 39.7 Å². The number of hydrogen-bond acceptors (Lipinski definition) is 3. The van der Waals surface area contributed by atoms with Crippen LogP contribution in [-0.2, 0) is 11.3 Å². The summed E-state index contributed by atoms with van der Waals surface area (Å²) in [6, 6.07) is 13.2. The van der Waals surface area contributed by atoms with Gasteiger partial charge in [0.15, 0.2) is 6.61 Å². The maximum Gasteiger partial charge on any atom is 0.258 e. The van der Waals surface area contributed by atoms with Gasteiger partial charge < -0.3 is 15.0 Å². The first kappa shape index (κ1) is 19.9. The van der Waals surface area contributed by atoms with Crippen molar-refractivity contribution in [3.8, 4) is 5.75 Å². The molecule has 0 unspecified atom stereocenters. The van der Waals surface area contributed by atoms with Gasteiger partial charge in [-0.1, -0.05) is 18.2 Å². The molecule has 0 atom stereocenters. The highest BCUT2D eigenvalue weighted by Gasteiger charge is 2.17. The molecule has 3 rings (SSSR count). The van der Waals surface area contributed by atoms with Crippen molar-refractivity contribution in [3.05, 3.63) is 64.7 Å². The molecule has 1 fully saturated rings. The zero-order valence-electron chi connectivity index (χ0n) is 16.7. The molecule has 2 amide bonds. The van der Waals surface area contributed by atoms with E-state index < -0.39 is 0 Å². The zero-order chi connectivity index (χ0) is 19.9. The van der Waals surface area contributed by atoms with E-state index in [9.17, 15) is 9.59 Å². The van der Waals surface area contributed by atoms with E-state index in [0.29, 0.717) is 17.9 Å². The molecular formula is C23H28N2O3. The smallest absolute Gasteiger partial charge is 0.258 e. The second-order valence-corrected chi connectivity index (χ2v) is 7.36. The molecule has 148 valence electrons. The van der Waals surface area contributed by atoms with Crippen LogP contribution >= 0.6 is 0 Å². The van der Waals surface area contributed by atoms with Crippen LogP contribution in [0.15, 0.2) is 42.5 Å². The van der Waals surface area contributed by atoms with Crippen LogP contribution in [0.5, 0.6) is 5.75 Å². The van der Waals surface area contributed by atoms with Gasteiger partial charge in [-0.2, -0.15) is 0 Å². The predicted molar refractivity (Wildman–Crippen MR) is 109 cm³/mol. The molecule has 1 saturated heterocycles. The third-order valence-electron chi connectivity index (χ3n) is 5.18. The van der Waals surface area contributed by atoms with Gasteiger partial charge in [0.1, 0.15) is 5.75 Å². The van der Waals surface area contributed by atoms with Gasteiger partial charge in [0.2, 0.25) is 0 Å². The molecule has 0 aromatic heterocycles. The van der Waals surface area contributed by atoms with Crippen LogP contribution in [-0.4, -0.2) is 36.4 Å². The second-order valence-electron chi connectivity index (χ2n) is 7.36. The Kier molecular flexibility index (Phi) is 6.69. The number of piperidine rings is 1. The van der Waals surface area contributed by atoms with Gasteiger partial charge in [0.05, 0.1) is 0 Å². The number of hydrogen-bond donors (Lipinski definition) is 1. The Labute approximate surface area is 166 Å². The van der Waals surface area contributed by atoms with Gasteiger partial charge in [-0.25, -0.2) is 0 Å². The third-order valence-corrected chi connectivity index (χ3v) is 5.18. The summed E-state index contributed by atoms with van der Waals surface area (Å²) in [6.45, 7) is 6.13. The number of amides is 2. The van der Waals surface area contributed by atoms with Crippen molar-refractivity contribution >= 4 is 11.8 Å². The van der Waals surface area contributed by atoms with Crippen LogP contribution in [0.3, 0.4) is 0 Å². The van der Waals surface area contributed by atoms with E-state index in [4.69, 9.17) is 4.74 Å². The highest BCUT2D eigenvalue weighted by atomic mass is 16.5. The molecule has 0 saturated carbocycles. The quantitative estimate of drug-likeness (QED) is 0.833. The molecule has 5 nitrogen and oxygen atoms in total. The Morgan fingerprint density at radius 1 is 0.964 bits per heavy atom. The van der Waals surface area contributed by atoms with Crippen LogP contribution in [0.4, 0.5) is 0 Å². The van der Waals surface area contributed by atoms with Gasteiger partial charge in [0, 0.05) is 25.2 Å². The lowest BCUT2D eigenvalue weighted by atomic mass is 10.1. The molecule has 0 spiro atoms. The number of carbonyl (C=O) groups is 2. The number of nitrogens with one attached hydrogen (secondary N) is 1. The Morgan fingerprint density at radius 2 is 1.68 bits per heavy atom. The molecule has 5 heteroatoms.